The molecule has 1 fully saturated rings. The quantitative estimate of drug-likeness (QED) is 0.911. The van der Waals surface area contributed by atoms with E-state index in [1.165, 1.54) is 19.3 Å². The molecule has 1 aromatic rings. The van der Waals surface area contributed by atoms with Crippen molar-refractivity contribution in [1.82, 2.24) is 4.98 Å². The topological polar surface area (TPSA) is 51.4 Å². The van der Waals surface area contributed by atoms with E-state index in [0.717, 1.165) is 36.4 Å². The molecule has 0 bridgehead atoms. The summed E-state index contributed by atoms with van der Waals surface area (Å²) >= 11 is 0. The summed E-state index contributed by atoms with van der Waals surface area (Å²) in [6.45, 7) is 6.71. The number of nitrogens with two attached hydrogens (primary N) is 1. The van der Waals surface area contributed by atoms with Crippen molar-refractivity contribution >= 4 is 11.5 Å². The summed E-state index contributed by atoms with van der Waals surface area (Å²) in [7, 11) is 1.64. The number of rotatable bonds is 3. The maximum atomic E-state index is 6.06. The Balaban J connectivity index is 2.13. The lowest BCUT2D eigenvalue weighted by atomic mass is 9.89. The van der Waals surface area contributed by atoms with Crippen LogP contribution in [0.1, 0.15) is 33.1 Å². The van der Waals surface area contributed by atoms with Gasteiger partial charge in [-0.1, -0.05) is 13.8 Å². The predicted molar refractivity (Wildman–Crippen MR) is 79.6 cm³/mol. The van der Waals surface area contributed by atoms with Gasteiger partial charge >= 0.3 is 0 Å². The molecule has 0 amide bonds. The number of nitrogens with zero attached hydrogens (tertiary/aromatic N) is 2. The lowest BCUT2D eigenvalue weighted by molar-refractivity contribution is 0.351. The molecule has 0 radical (unpaired) electrons. The molecule has 0 saturated carbocycles. The van der Waals surface area contributed by atoms with Crippen molar-refractivity contribution in [3.8, 4) is 5.88 Å². The van der Waals surface area contributed by atoms with Gasteiger partial charge < -0.3 is 15.4 Å². The third kappa shape index (κ3) is 3.31. The summed E-state index contributed by atoms with van der Waals surface area (Å²) in [6.07, 6.45) is 3.73. The van der Waals surface area contributed by atoms with E-state index < -0.39 is 0 Å². The lowest BCUT2D eigenvalue weighted by Gasteiger charge is -2.24. The Morgan fingerprint density at radius 2 is 2.11 bits per heavy atom. The van der Waals surface area contributed by atoms with Crippen molar-refractivity contribution in [1.29, 1.82) is 0 Å². The van der Waals surface area contributed by atoms with Crippen molar-refractivity contribution in [3.63, 3.8) is 0 Å². The zero-order valence-electron chi connectivity index (χ0n) is 12.2. The number of anilines is 2. The van der Waals surface area contributed by atoms with E-state index in [0.29, 0.717) is 5.88 Å². The maximum Gasteiger partial charge on any atom is 0.215 e. The van der Waals surface area contributed by atoms with Gasteiger partial charge in [0, 0.05) is 19.2 Å². The molecule has 4 heteroatoms. The Morgan fingerprint density at radius 3 is 2.79 bits per heavy atom. The molecule has 1 unspecified atom stereocenters. The van der Waals surface area contributed by atoms with Crippen LogP contribution in [0.4, 0.5) is 11.5 Å². The molecule has 1 aliphatic rings. The van der Waals surface area contributed by atoms with Crippen LogP contribution in [0.5, 0.6) is 5.88 Å². The van der Waals surface area contributed by atoms with Crippen LogP contribution in [0.3, 0.4) is 0 Å². The third-order valence-electron chi connectivity index (χ3n) is 4.10. The van der Waals surface area contributed by atoms with Crippen LogP contribution in [0.15, 0.2) is 12.1 Å². The van der Waals surface area contributed by atoms with Gasteiger partial charge in [-0.15, -0.1) is 0 Å². The van der Waals surface area contributed by atoms with Gasteiger partial charge in [0.15, 0.2) is 5.82 Å². The molecule has 0 aromatic carbocycles. The second-order valence-electron chi connectivity index (χ2n) is 5.69. The molecule has 2 heterocycles. The van der Waals surface area contributed by atoms with Crippen LogP contribution in [-0.2, 0) is 0 Å². The van der Waals surface area contributed by atoms with E-state index in [1.54, 1.807) is 7.11 Å². The Morgan fingerprint density at radius 1 is 1.32 bits per heavy atom. The fourth-order valence-electron chi connectivity index (χ4n) is 2.81. The first-order valence-corrected chi connectivity index (χ1v) is 7.17. The van der Waals surface area contributed by atoms with E-state index in [4.69, 9.17) is 10.5 Å². The van der Waals surface area contributed by atoms with Crippen molar-refractivity contribution in [2.24, 2.45) is 11.8 Å². The average Bonchev–Trinajstić information content (AvgIpc) is 2.65. The summed E-state index contributed by atoms with van der Waals surface area (Å²) < 4.78 is 5.20. The summed E-state index contributed by atoms with van der Waals surface area (Å²) in [5.41, 5.74) is 6.80. The standard InChI is InChI=1S/C15H25N3O/c1-11(2)12-5-4-9-18(10-8-12)15-13(16)6-7-14(17-15)19-3/h6-7,11-12H,4-5,8-10,16H2,1-3H3. The second-order valence-corrected chi connectivity index (χ2v) is 5.69. The van der Waals surface area contributed by atoms with E-state index in [2.05, 4.69) is 23.7 Å². The average molecular weight is 263 g/mol. The zero-order valence-corrected chi connectivity index (χ0v) is 12.2. The van der Waals surface area contributed by atoms with Gasteiger partial charge in [0.25, 0.3) is 0 Å². The molecule has 2 N–H and O–H groups in total. The Bertz CT molecular complexity index is 420. The smallest absolute Gasteiger partial charge is 0.215 e. The highest BCUT2D eigenvalue weighted by atomic mass is 16.5. The van der Waals surface area contributed by atoms with Crippen LogP contribution < -0.4 is 15.4 Å². The molecule has 1 saturated heterocycles. The van der Waals surface area contributed by atoms with Gasteiger partial charge in [0.05, 0.1) is 12.8 Å². The molecule has 0 spiro atoms. The third-order valence-corrected chi connectivity index (χ3v) is 4.10. The van der Waals surface area contributed by atoms with Crippen LogP contribution in [0, 0.1) is 11.8 Å². The summed E-state index contributed by atoms with van der Waals surface area (Å²) in [5, 5.41) is 0. The number of hydrogen-bond acceptors (Lipinski definition) is 4. The lowest BCUT2D eigenvalue weighted by Crippen LogP contribution is -2.26. The normalized spacial score (nSPS) is 20.4. The largest absolute Gasteiger partial charge is 0.481 e. The number of nitrogen functional groups attached to an aromatic ring is 1. The minimum atomic E-state index is 0.633. The molecule has 1 aliphatic heterocycles. The van der Waals surface area contributed by atoms with Crippen molar-refractivity contribution < 1.29 is 4.74 Å². The highest BCUT2D eigenvalue weighted by Crippen LogP contribution is 2.30. The fourth-order valence-corrected chi connectivity index (χ4v) is 2.81. The number of methoxy groups -OCH3 is 1. The summed E-state index contributed by atoms with van der Waals surface area (Å²) in [4.78, 5) is 6.81. The first kappa shape index (κ1) is 14.0. The molecular weight excluding hydrogens is 238 g/mol. The minimum absolute atomic E-state index is 0.633. The van der Waals surface area contributed by atoms with Gasteiger partial charge in [-0.25, -0.2) is 0 Å². The molecule has 106 valence electrons. The summed E-state index contributed by atoms with van der Waals surface area (Å²) in [6, 6.07) is 3.69. The molecular formula is C15H25N3O. The Labute approximate surface area is 116 Å². The van der Waals surface area contributed by atoms with E-state index in [-0.39, 0.29) is 0 Å². The van der Waals surface area contributed by atoms with Crippen molar-refractivity contribution in [3.05, 3.63) is 12.1 Å². The zero-order chi connectivity index (χ0) is 13.8. The molecule has 2 rings (SSSR count). The predicted octanol–water partition coefficient (Wildman–Crippen LogP) is 2.93. The highest BCUT2D eigenvalue weighted by Gasteiger charge is 2.21. The van der Waals surface area contributed by atoms with E-state index in [9.17, 15) is 0 Å². The van der Waals surface area contributed by atoms with Crippen molar-refractivity contribution in [2.45, 2.75) is 33.1 Å². The monoisotopic (exact) mass is 263 g/mol. The second kappa shape index (κ2) is 6.13. The molecule has 0 aliphatic carbocycles. The maximum absolute atomic E-state index is 6.06. The first-order chi connectivity index (χ1) is 9.11. The van der Waals surface area contributed by atoms with Crippen LogP contribution in [-0.4, -0.2) is 25.2 Å². The molecule has 1 aromatic heterocycles. The summed E-state index contributed by atoms with van der Waals surface area (Å²) in [5.74, 6) is 3.09. The number of aromatic nitrogens is 1. The number of hydrogen-bond donors (Lipinski definition) is 1. The van der Waals surface area contributed by atoms with Crippen molar-refractivity contribution in [2.75, 3.05) is 30.8 Å². The van der Waals surface area contributed by atoms with Crippen LogP contribution in [0.25, 0.3) is 0 Å². The van der Waals surface area contributed by atoms with Gasteiger partial charge in [-0.3, -0.25) is 0 Å². The van der Waals surface area contributed by atoms with E-state index in [1.807, 2.05) is 12.1 Å². The van der Waals surface area contributed by atoms with Crippen LogP contribution >= 0.6 is 0 Å². The van der Waals surface area contributed by atoms with Gasteiger partial charge in [0.2, 0.25) is 5.88 Å². The highest BCUT2D eigenvalue weighted by molar-refractivity contribution is 5.63. The Kier molecular flexibility index (Phi) is 4.51. The molecule has 4 nitrogen and oxygen atoms in total. The minimum Gasteiger partial charge on any atom is -0.481 e. The number of ether oxygens (including phenoxy) is 1. The van der Waals surface area contributed by atoms with Gasteiger partial charge in [-0.2, -0.15) is 4.98 Å². The van der Waals surface area contributed by atoms with Gasteiger partial charge in [0.1, 0.15) is 0 Å². The van der Waals surface area contributed by atoms with E-state index >= 15 is 0 Å². The fraction of sp³-hybridized carbons (Fsp3) is 0.667. The molecule has 19 heavy (non-hydrogen) atoms. The molecule has 1 atom stereocenters. The van der Waals surface area contributed by atoms with Gasteiger partial charge in [-0.05, 0) is 37.2 Å². The van der Waals surface area contributed by atoms with Crippen LogP contribution in [0.2, 0.25) is 0 Å². The number of pyridine rings is 1. The Hall–Kier alpha value is -1.45. The SMILES string of the molecule is COc1ccc(N)c(N2CCCC(C(C)C)CC2)n1. The first-order valence-electron chi connectivity index (χ1n) is 7.17.